The second kappa shape index (κ2) is 5.83. The Morgan fingerprint density at radius 1 is 1.46 bits per heavy atom. The quantitative estimate of drug-likeness (QED) is 0.635. The van der Waals surface area contributed by atoms with Gasteiger partial charge >= 0.3 is 0 Å². The number of alkyl halides is 1. The highest BCUT2D eigenvalue weighted by Crippen LogP contribution is 1.99. The molecule has 0 bridgehead atoms. The van der Waals surface area contributed by atoms with Gasteiger partial charge in [-0.15, -0.1) is 11.6 Å². The van der Waals surface area contributed by atoms with Gasteiger partial charge < -0.3 is 4.90 Å². The van der Waals surface area contributed by atoms with E-state index in [1.165, 1.54) is 0 Å². The Labute approximate surface area is 86.0 Å². The fraction of sp³-hybridized carbons (Fsp3) is 1.00. The van der Waals surface area contributed by atoms with Crippen LogP contribution in [0.15, 0.2) is 0 Å². The molecular formula is C8H18ClNO2S. The molecule has 0 aromatic heterocycles. The van der Waals surface area contributed by atoms with E-state index in [2.05, 4.69) is 0 Å². The molecular weight excluding hydrogens is 210 g/mol. The summed E-state index contributed by atoms with van der Waals surface area (Å²) in [6.07, 6.45) is 0. The van der Waals surface area contributed by atoms with Crippen molar-refractivity contribution in [2.24, 2.45) is 0 Å². The third-order valence-corrected chi connectivity index (χ3v) is 4.30. The van der Waals surface area contributed by atoms with Gasteiger partial charge in [-0.25, -0.2) is 8.42 Å². The minimum Gasteiger partial charge on any atom is -0.302 e. The Hall–Kier alpha value is 0.200. The van der Waals surface area contributed by atoms with Crippen molar-refractivity contribution in [2.45, 2.75) is 19.9 Å². The standard InChI is InChI=1S/C8H18ClNO2S/c1-4-13(11,12)6-5-10(3)8(2)7-9/h8H,4-7H2,1-3H3. The maximum Gasteiger partial charge on any atom is 0.151 e. The number of halogens is 1. The maximum atomic E-state index is 11.2. The molecule has 0 saturated heterocycles. The van der Waals surface area contributed by atoms with E-state index in [1.54, 1.807) is 6.92 Å². The molecule has 13 heavy (non-hydrogen) atoms. The summed E-state index contributed by atoms with van der Waals surface area (Å²) in [5, 5.41) is 0. The van der Waals surface area contributed by atoms with Gasteiger partial charge in [0.2, 0.25) is 0 Å². The molecule has 0 N–H and O–H groups in total. The molecule has 1 atom stereocenters. The van der Waals surface area contributed by atoms with Crippen LogP contribution in [0.5, 0.6) is 0 Å². The van der Waals surface area contributed by atoms with Crippen LogP contribution in [0.3, 0.4) is 0 Å². The van der Waals surface area contributed by atoms with Crippen molar-refractivity contribution in [3.8, 4) is 0 Å². The van der Waals surface area contributed by atoms with E-state index in [4.69, 9.17) is 11.6 Å². The van der Waals surface area contributed by atoms with Crippen LogP contribution >= 0.6 is 11.6 Å². The lowest BCUT2D eigenvalue weighted by Crippen LogP contribution is -2.34. The minimum absolute atomic E-state index is 0.218. The van der Waals surface area contributed by atoms with E-state index in [1.807, 2.05) is 18.9 Å². The molecule has 0 amide bonds. The normalized spacial score (nSPS) is 14.8. The molecule has 1 unspecified atom stereocenters. The van der Waals surface area contributed by atoms with Crippen molar-refractivity contribution in [1.82, 2.24) is 4.90 Å². The zero-order valence-corrected chi connectivity index (χ0v) is 10.0. The number of rotatable bonds is 6. The summed E-state index contributed by atoms with van der Waals surface area (Å²) in [7, 11) is -0.954. The largest absolute Gasteiger partial charge is 0.302 e. The average Bonchev–Trinajstić information content (AvgIpc) is 2.13. The summed E-state index contributed by atoms with van der Waals surface area (Å²) in [5.74, 6) is 0.972. The number of nitrogens with zero attached hydrogens (tertiary/aromatic N) is 1. The number of hydrogen-bond acceptors (Lipinski definition) is 3. The lowest BCUT2D eigenvalue weighted by atomic mass is 10.3. The third-order valence-electron chi connectivity index (χ3n) is 2.17. The van der Waals surface area contributed by atoms with Crippen LogP contribution in [0.2, 0.25) is 0 Å². The fourth-order valence-corrected chi connectivity index (χ4v) is 1.86. The molecule has 0 rings (SSSR count). The van der Waals surface area contributed by atoms with Crippen LogP contribution in [0, 0.1) is 0 Å². The van der Waals surface area contributed by atoms with E-state index in [0.29, 0.717) is 12.4 Å². The zero-order valence-electron chi connectivity index (χ0n) is 8.46. The molecule has 0 heterocycles. The Kier molecular flexibility index (Phi) is 5.92. The Balaban J connectivity index is 3.90. The lowest BCUT2D eigenvalue weighted by molar-refractivity contribution is 0.292. The van der Waals surface area contributed by atoms with Crippen molar-refractivity contribution in [3.63, 3.8) is 0 Å². The minimum atomic E-state index is -2.84. The predicted octanol–water partition coefficient (Wildman–Crippen LogP) is 0.980. The molecule has 0 radical (unpaired) electrons. The smallest absolute Gasteiger partial charge is 0.151 e. The second-order valence-electron chi connectivity index (χ2n) is 3.22. The van der Waals surface area contributed by atoms with E-state index in [9.17, 15) is 8.42 Å². The van der Waals surface area contributed by atoms with Gasteiger partial charge in [-0.05, 0) is 14.0 Å². The summed E-state index contributed by atoms with van der Waals surface area (Å²) in [4.78, 5) is 1.96. The summed E-state index contributed by atoms with van der Waals surface area (Å²) < 4.78 is 22.3. The van der Waals surface area contributed by atoms with Crippen LogP contribution in [-0.4, -0.2) is 50.3 Å². The average molecular weight is 228 g/mol. The Morgan fingerprint density at radius 2 is 2.00 bits per heavy atom. The van der Waals surface area contributed by atoms with Crippen molar-refractivity contribution in [2.75, 3.05) is 31.0 Å². The highest BCUT2D eigenvalue weighted by molar-refractivity contribution is 7.91. The number of sulfone groups is 1. The first-order valence-electron chi connectivity index (χ1n) is 4.39. The van der Waals surface area contributed by atoms with Crippen LogP contribution < -0.4 is 0 Å². The summed E-state index contributed by atoms with van der Waals surface area (Å²) in [5.41, 5.74) is 0. The highest BCUT2D eigenvalue weighted by Gasteiger charge is 2.12. The molecule has 0 aliphatic rings. The molecule has 5 heteroatoms. The lowest BCUT2D eigenvalue weighted by Gasteiger charge is -2.22. The van der Waals surface area contributed by atoms with Crippen molar-refractivity contribution < 1.29 is 8.42 Å². The topological polar surface area (TPSA) is 37.4 Å². The summed E-state index contributed by atoms with van der Waals surface area (Å²) in [6, 6.07) is 0.230. The zero-order chi connectivity index (χ0) is 10.5. The van der Waals surface area contributed by atoms with E-state index < -0.39 is 9.84 Å². The number of hydrogen-bond donors (Lipinski definition) is 0. The molecule has 0 spiro atoms. The molecule has 0 aliphatic heterocycles. The van der Waals surface area contributed by atoms with Gasteiger partial charge in [-0.1, -0.05) is 6.92 Å². The molecule has 0 fully saturated rings. The van der Waals surface area contributed by atoms with Gasteiger partial charge in [0.1, 0.15) is 0 Å². The second-order valence-corrected chi connectivity index (χ2v) is 6.00. The predicted molar refractivity (Wildman–Crippen MR) is 57.1 cm³/mol. The summed E-state index contributed by atoms with van der Waals surface area (Å²) in [6.45, 7) is 4.20. The molecule has 0 saturated carbocycles. The van der Waals surface area contributed by atoms with Crippen molar-refractivity contribution in [3.05, 3.63) is 0 Å². The van der Waals surface area contributed by atoms with Crippen LogP contribution in [0.4, 0.5) is 0 Å². The van der Waals surface area contributed by atoms with Crippen LogP contribution in [0.1, 0.15) is 13.8 Å². The van der Waals surface area contributed by atoms with Gasteiger partial charge in [-0.2, -0.15) is 0 Å². The van der Waals surface area contributed by atoms with Gasteiger partial charge in [0.05, 0.1) is 5.75 Å². The fourth-order valence-electron chi connectivity index (χ4n) is 0.766. The highest BCUT2D eigenvalue weighted by atomic mass is 35.5. The first-order valence-corrected chi connectivity index (χ1v) is 6.75. The molecule has 3 nitrogen and oxygen atoms in total. The summed E-state index contributed by atoms with van der Waals surface area (Å²) >= 11 is 5.64. The monoisotopic (exact) mass is 227 g/mol. The Bertz CT molecular complexity index is 228. The van der Waals surface area contributed by atoms with E-state index in [-0.39, 0.29) is 17.5 Å². The van der Waals surface area contributed by atoms with Gasteiger partial charge in [0.15, 0.2) is 9.84 Å². The Morgan fingerprint density at radius 3 is 2.38 bits per heavy atom. The third kappa shape index (κ3) is 5.49. The van der Waals surface area contributed by atoms with E-state index >= 15 is 0 Å². The van der Waals surface area contributed by atoms with Crippen LogP contribution in [-0.2, 0) is 9.84 Å². The molecule has 0 aromatic carbocycles. The van der Waals surface area contributed by atoms with Gasteiger partial charge in [0.25, 0.3) is 0 Å². The first kappa shape index (κ1) is 13.2. The van der Waals surface area contributed by atoms with Crippen LogP contribution in [0.25, 0.3) is 0 Å². The van der Waals surface area contributed by atoms with E-state index in [0.717, 1.165) is 0 Å². The molecule has 0 aliphatic carbocycles. The molecule has 80 valence electrons. The van der Waals surface area contributed by atoms with Crippen molar-refractivity contribution >= 4 is 21.4 Å². The molecule has 0 aromatic rings. The van der Waals surface area contributed by atoms with Gasteiger partial charge in [0, 0.05) is 24.2 Å². The maximum absolute atomic E-state index is 11.2. The SMILES string of the molecule is CCS(=O)(=O)CCN(C)C(C)CCl. The van der Waals surface area contributed by atoms with Crippen molar-refractivity contribution in [1.29, 1.82) is 0 Å². The van der Waals surface area contributed by atoms with Gasteiger partial charge in [-0.3, -0.25) is 0 Å². The first-order chi connectivity index (χ1) is 5.93.